The lowest BCUT2D eigenvalue weighted by Crippen LogP contribution is -2.40. The Morgan fingerprint density at radius 2 is 1.93 bits per heavy atom. The minimum Gasteiger partial charge on any atom is -0.415 e. The number of benzene rings is 2. The predicted molar refractivity (Wildman–Crippen MR) is 104 cm³/mol. The summed E-state index contributed by atoms with van der Waals surface area (Å²) in [4.78, 5) is 13.9. The van der Waals surface area contributed by atoms with Crippen LogP contribution in [0.2, 0.25) is 0 Å². The van der Waals surface area contributed by atoms with Crippen LogP contribution in [0.25, 0.3) is 11.5 Å². The van der Waals surface area contributed by atoms with E-state index >= 15 is 0 Å². The van der Waals surface area contributed by atoms with Gasteiger partial charge in [-0.2, -0.15) is 8.78 Å². The smallest absolute Gasteiger partial charge is 0.322 e. The van der Waals surface area contributed by atoms with Crippen molar-refractivity contribution in [1.82, 2.24) is 15.5 Å². The average Bonchev–Trinajstić information content (AvgIpc) is 3.22. The number of rotatable bonds is 7. The summed E-state index contributed by atoms with van der Waals surface area (Å²) in [6.07, 6.45) is -2.90. The Morgan fingerprint density at radius 3 is 2.55 bits per heavy atom. The van der Waals surface area contributed by atoms with E-state index in [-0.39, 0.29) is 29.6 Å². The first-order chi connectivity index (χ1) is 14.0. The lowest BCUT2D eigenvalue weighted by molar-refractivity contribution is 0.116. The van der Waals surface area contributed by atoms with Gasteiger partial charge in [0.15, 0.2) is 0 Å². The van der Waals surface area contributed by atoms with E-state index in [1.165, 1.54) is 17.0 Å². The van der Waals surface area contributed by atoms with Crippen LogP contribution in [-0.4, -0.2) is 28.1 Å². The number of para-hydroxylation sites is 1. The molecule has 1 N–H and O–H groups in total. The molecule has 10 heteroatoms. The molecule has 29 heavy (non-hydrogen) atoms. The Labute approximate surface area is 172 Å². The largest absolute Gasteiger partial charge is 0.415 e. The zero-order valence-electron chi connectivity index (χ0n) is 15.0. The van der Waals surface area contributed by atoms with Gasteiger partial charge in [0.25, 0.3) is 5.89 Å². The molecule has 0 aliphatic carbocycles. The molecule has 0 fully saturated rings. The summed E-state index contributed by atoms with van der Waals surface area (Å²) in [5.74, 6) is -1.67. The molecule has 0 saturated carbocycles. The number of aromatic nitrogens is 2. The summed E-state index contributed by atoms with van der Waals surface area (Å²) in [6, 6.07) is 12.5. The number of anilines is 1. The summed E-state index contributed by atoms with van der Waals surface area (Å²) < 4.78 is 44.7. The minimum absolute atomic E-state index is 0.0314. The highest BCUT2D eigenvalue weighted by atomic mass is 79.9. The van der Waals surface area contributed by atoms with Crippen molar-refractivity contribution in [2.45, 2.75) is 13.0 Å². The van der Waals surface area contributed by atoms with Crippen LogP contribution in [0.1, 0.15) is 17.9 Å². The summed E-state index contributed by atoms with van der Waals surface area (Å²) in [7, 11) is 0. The van der Waals surface area contributed by atoms with Gasteiger partial charge in [0, 0.05) is 28.7 Å². The third-order valence-corrected chi connectivity index (χ3v) is 4.34. The standard InChI is InChI=1S/C19H16BrF3N4O2/c20-8-9-24-19(28)27(14-4-2-1-3-5-14)11-13-7-6-12(10-15(13)21)17-25-26-18(29-17)16(22)23/h1-7,10,16H,8-9,11H2,(H,24,28). The number of hydrogen-bond acceptors (Lipinski definition) is 4. The summed E-state index contributed by atoms with van der Waals surface area (Å²) in [5.41, 5.74) is 1.00. The van der Waals surface area contributed by atoms with Gasteiger partial charge in [0.05, 0.1) is 6.54 Å². The lowest BCUT2D eigenvalue weighted by atomic mass is 10.1. The topological polar surface area (TPSA) is 71.3 Å². The molecule has 152 valence electrons. The number of nitrogens with zero attached hydrogens (tertiary/aromatic N) is 3. The molecule has 1 aromatic heterocycles. The van der Waals surface area contributed by atoms with Crippen LogP contribution in [-0.2, 0) is 6.54 Å². The molecule has 3 rings (SSSR count). The van der Waals surface area contributed by atoms with Crippen molar-refractivity contribution in [3.63, 3.8) is 0 Å². The number of amides is 2. The Bertz CT molecular complexity index is 969. The normalized spacial score (nSPS) is 10.9. The van der Waals surface area contributed by atoms with E-state index in [2.05, 4.69) is 31.4 Å². The molecule has 0 saturated heterocycles. The fraction of sp³-hybridized carbons (Fsp3) is 0.211. The molecule has 0 aliphatic heterocycles. The number of nitrogens with one attached hydrogen (secondary N) is 1. The highest BCUT2D eigenvalue weighted by Crippen LogP contribution is 2.26. The van der Waals surface area contributed by atoms with Crippen molar-refractivity contribution in [3.05, 3.63) is 65.8 Å². The van der Waals surface area contributed by atoms with E-state index in [0.717, 1.165) is 6.07 Å². The van der Waals surface area contributed by atoms with Gasteiger partial charge >= 0.3 is 12.5 Å². The number of urea groups is 1. The first kappa shape index (κ1) is 20.8. The second kappa shape index (κ2) is 9.55. The van der Waals surface area contributed by atoms with Gasteiger partial charge in [0.1, 0.15) is 5.82 Å². The molecule has 2 amide bonds. The second-order valence-corrected chi connectivity index (χ2v) is 6.69. The third-order valence-electron chi connectivity index (χ3n) is 3.94. The van der Waals surface area contributed by atoms with Crippen LogP contribution in [0.3, 0.4) is 0 Å². The zero-order chi connectivity index (χ0) is 20.8. The summed E-state index contributed by atoms with van der Waals surface area (Å²) in [5, 5.41) is 10.0. The van der Waals surface area contributed by atoms with Crippen LogP contribution in [0, 0.1) is 5.82 Å². The number of alkyl halides is 3. The maximum Gasteiger partial charge on any atom is 0.322 e. The van der Waals surface area contributed by atoms with E-state index in [1.54, 1.807) is 24.3 Å². The van der Waals surface area contributed by atoms with Crippen LogP contribution in [0.5, 0.6) is 0 Å². The summed E-state index contributed by atoms with van der Waals surface area (Å²) >= 11 is 3.24. The van der Waals surface area contributed by atoms with E-state index in [9.17, 15) is 18.0 Å². The maximum absolute atomic E-state index is 14.7. The zero-order valence-corrected chi connectivity index (χ0v) is 16.6. The molecular weight excluding hydrogens is 453 g/mol. The Kier molecular flexibility index (Phi) is 6.86. The second-order valence-electron chi connectivity index (χ2n) is 5.89. The van der Waals surface area contributed by atoms with Crippen LogP contribution in [0.4, 0.5) is 23.7 Å². The quantitative estimate of drug-likeness (QED) is 0.499. The Morgan fingerprint density at radius 1 is 1.17 bits per heavy atom. The number of halogens is 4. The van der Waals surface area contributed by atoms with Crippen molar-refractivity contribution in [2.75, 3.05) is 16.8 Å². The number of carbonyl (C=O) groups excluding carboxylic acids is 1. The SMILES string of the molecule is O=C(NCCBr)N(Cc1ccc(-c2nnc(C(F)F)o2)cc1F)c1ccccc1. The van der Waals surface area contributed by atoms with Crippen LogP contribution in [0.15, 0.2) is 52.9 Å². The average molecular weight is 469 g/mol. The van der Waals surface area contributed by atoms with Crippen molar-refractivity contribution in [3.8, 4) is 11.5 Å². The Hall–Kier alpha value is -2.88. The van der Waals surface area contributed by atoms with E-state index < -0.39 is 18.1 Å². The molecule has 6 nitrogen and oxygen atoms in total. The van der Waals surface area contributed by atoms with Crippen molar-refractivity contribution >= 4 is 27.6 Å². The predicted octanol–water partition coefficient (Wildman–Crippen LogP) is 4.92. The molecular formula is C19H16BrF3N4O2. The third kappa shape index (κ3) is 5.14. The fourth-order valence-corrected chi connectivity index (χ4v) is 2.75. The Balaban J connectivity index is 1.84. The van der Waals surface area contributed by atoms with Gasteiger partial charge < -0.3 is 9.73 Å². The minimum atomic E-state index is -2.90. The van der Waals surface area contributed by atoms with Gasteiger partial charge in [-0.25, -0.2) is 9.18 Å². The molecule has 0 unspecified atom stereocenters. The number of hydrogen-bond donors (Lipinski definition) is 1. The monoisotopic (exact) mass is 468 g/mol. The molecule has 0 bridgehead atoms. The molecule has 1 heterocycles. The van der Waals surface area contributed by atoms with Crippen LogP contribution >= 0.6 is 15.9 Å². The molecule has 3 aromatic rings. The van der Waals surface area contributed by atoms with Gasteiger partial charge in [-0.3, -0.25) is 4.90 Å². The van der Waals surface area contributed by atoms with Gasteiger partial charge in [-0.1, -0.05) is 40.2 Å². The van der Waals surface area contributed by atoms with Gasteiger partial charge in [-0.15, -0.1) is 10.2 Å². The van der Waals surface area contributed by atoms with E-state index in [4.69, 9.17) is 4.42 Å². The molecule has 0 atom stereocenters. The van der Waals surface area contributed by atoms with Gasteiger partial charge in [-0.05, 0) is 24.3 Å². The fourth-order valence-electron chi connectivity index (χ4n) is 2.56. The van der Waals surface area contributed by atoms with Gasteiger partial charge in [0.2, 0.25) is 5.89 Å². The molecule has 0 radical (unpaired) electrons. The highest BCUT2D eigenvalue weighted by Gasteiger charge is 2.20. The van der Waals surface area contributed by atoms with E-state index in [0.29, 0.717) is 17.6 Å². The maximum atomic E-state index is 14.7. The highest BCUT2D eigenvalue weighted by molar-refractivity contribution is 9.09. The van der Waals surface area contributed by atoms with E-state index in [1.807, 2.05) is 6.07 Å². The van der Waals surface area contributed by atoms with Crippen LogP contribution < -0.4 is 10.2 Å². The lowest BCUT2D eigenvalue weighted by Gasteiger charge is -2.23. The summed E-state index contributed by atoms with van der Waals surface area (Å²) in [6.45, 7) is 0.379. The molecule has 0 aliphatic rings. The first-order valence-electron chi connectivity index (χ1n) is 8.56. The molecule has 0 spiro atoms. The van der Waals surface area contributed by atoms with Crippen molar-refractivity contribution in [2.24, 2.45) is 0 Å². The number of carbonyl (C=O) groups is 1. The molecule has 2 aromatic carbocycles. The van der Waals surface area contributed by atoms with Crippen molar-refractivity contribution < 1.29 is 22.4 Å². The van der Waals surface area contributed by atoms with Crippen molar-refractivity contribution in [1.29, 1.82) is 0 Å². The first-order valence-corrected chi connectivity index (χ1v) is 9.68.